The van der Waals surface area contributed by atoms with Crippen LogP contribution in [0.15, 0.2) is 12.1 Å². The third kappa shape index (κ3) is 2.10. The molecule has 0 unspecified atom stereocenters. The fourth-order valence-electron chi connectivity index (χ4n) is 1.48. The SMILES string of the molecule is CCC(C)(C)c1cc(C(=O)O)c(O)cc1O. The van der Waals surface area contributed by atoms with E-state index in [-0.39, 0.29) is 16.7 Å². The minimum atomic E-state index is -1.20. The maximum absolute atomic E-state index is 10.9. The van der Waals surface area contributed by atoms with Crippen LogP contribution < -0.4 is 0 Å². The van der Waals surface area contributed by atoms with Crippen LogP contribution in [0, 0.1) is 0 Å². The van der Waals surface area contributed by atoms with E-state index >= 15 is 0 Å². The van der Waals surface area contributed by atoms with Crippen LogP contribution in [0.4, 0.5) is 0 Å². The zero-order chi connectivity index (χ0) is 12.5. The minimum Gasteiger partial charge on any atom is -0.508 e. The second kappa shape index (κ2) is 4.04. The van der Waals surface area contributed by atoms with E-state index in [1.165, 1.54) is 6.07 Å². The molecule has 3 N–H and O–H groups in total. The molecule has 0 bridgehead atoms. The van der Waals surface area contributed by atoms with Crippen molar-refractivity contribution in [3.8, 4) is 11.5 Å². The second-order valence-corrected chi connectivity index (χ2v) is 4.43. The number of hydrogen-bond acceptors (Lipinski definition) is 3. The predicted octanol–water partition coefficient (Wildman–Crippen LogP) is 2.48. The topological polar surface area (TPSA) is 77.8 Å². The molecule has 0 heterocycles. The lowest BCUT2D eigenvalue weighted by Crippen LogP contribution is -2.16. The first-order valence-corrected chi connectivity index (χ1v) is 5.09. The van der Waals surface area contributed by atoms with Crippen LogP contribution in [0.3, 0.4) is 0 Å². The highest BCUT2D eigenvalue weighted by Gasteiger charge is 2.25. The van der Waals surface area contributed by atoms with E-state index in [2.05, 4.69) is 0 Å². The summed E-state index contributed by atoms with van der Waals surface area (Å²) in [7, 11) is 0. The Kier molecular flexibility index (Phi) is 3.12. The Morgan fingerprint density at radius 1 is 1.25 bits per heavy atom. The summed E-state index contributed by atoms with van der Waals surface area (Å²) in [4.78, 5) is 10.9. The number of hydrogen-bond donors (Lipinski definition) is 3. The molecule has 0 atom stereocenters. The monoisotopic (exact) mass is 224 g/mol. The molecule has 4 heteroatoms. The average Bonchev–Trinajstić information content (AvgIpc) is 2.16. The third-order valence-corrected chi connectivity index (χ3v) is 2.96. The summed E-state index contributed by atoms with van der Waals surface area (Å²) in [6.07, 6.45) is 0.754. The Labute approximate surface area is 94.2 Å². The first-order chi connectivity index (χ1) is 7.29. The highest BCUT2D eigenvalue weighted by molar-refractivity contribution is 5.91. The van der Waals surface area contributed by atoms with Crippen LogP contribution >= 0.6 is 0 Å². The van der Waals surface area contributed by atoms with Crippen LogP contribution in [0.1, 0.15) is 43.1 Å². The van der Waals surface area contributed by atoms with Crippen molar-refractivity contribution < 1.29 is 20.1 Å². The van der Waals surface area contributed by atoms with Crippen molar-refractivity contribution >= 4 is 5.97 Å². The highest BCUT2D eigenvalue weighted by atomic mass is 16.4. The number of phenolic OH excluding ortho intramolecular Hbond substituents is 1. The summed E-state index contributed by atoms with van der Waals surface area (Å²) >= 11 is 0. The van der Waals surface area contributed by atoms with E-state index in [1.807, 2.05) is 20.8 Å². The summed E-state index contributed by atoms with van der Waals surface area (Å²) in [5.74, 6) is -1.69. The van der Waals surface area contributed by atoms with Crippen LogP contribution in [0.25, 0.3) is 0 Å². The molecule has 0 amide bonds. The van der Waals surface area contributed by atoms with Crippen molar-refractivity contribution in [1.82, 2.24) is 0 Å². The maximum atomic E-state index is 10.9. The van der Waals surface area contributed by atoms with E-state index in [0.29, 0.717) is 5.56 Å². The summed E-state index contributed by atoms with van der Waals surface area (Å²) < 4.78 is 0. The second-order valence-electron chi connectivity index (χ2n) is 4.43. The Morgan fingerprint density at radius 3 is 2.25 bits per heavy atom. The maximum Gasteiger partial charge on any atom is 0.339 e. The van der Waals surface area contributed by atoms with Gasteiger partial charge in [0.25, 0.3) is 0 Å². The number of carboxylic acid groups (broad SMARTS) is 1. The molecule has 0 aliphatic carbocycles. The van der Waals surface area contributed by atoms with Gasteiger partial charge in [-0.25, -0.2) is 4.79 Å². The molecule has 1 aromatic rings. The number of aromatic carboxylic acids is 1. The van der Waals surface area contributed by atoms with Crippen molar-refractivity contribution in [3.63, 3.8) is 0 Å². The van der Waals surface area contributed by atoms with Gasteiger partial charge in [-0.15, -0.1) is 0 Å². The molecule has 0 aliphatic rings. The summed E-state index contributed by atoms with van der Waals surface area (Å²) in [6, 6.07) is 2.41. The molecule has 16 heavy (non-hydrogen) atoms. The van der Waals surface area contributed by atoms with Crippen molar-refractivity contribution in [2.24, 2.45) is 0 Å². The Balaban J connectivity index is 3.42. The molecular formula is C12H16O4. The normalized spacial score (nSPS) is 11.4. The lowest BCUT2D eigenvalue weighted by atomic mass is 9.81. The molecule has 0 saturated carbocycles. The summed E-state index contributed by atoms with van der Waals surface area (Å²) in [5, 5.41) is 28.0. The van der Waals surface area contributed by atoms with Gasteiger partial charge < -0.3 is 15.3 Å². The molecule has 0 spiro atoms. The highest BCUT2D eigenvalue weighted by Crippen LogP contribution is 2.37. The van der Waals surface area contributed by atoms with Crippen molar-refractivity contribution in [3.05, 3.63) is 23.3 Å². The number of rotatable bonds is 3. The molecule has 0 fully saturated rings. The van der Waals surface area contributed by atoms with Gasteiger partial charge in [0.15, 0.2) is 0 Å². The van der Waals surface area contributed by atoms with Gasteiger partial charge >= 0.3 is 5.97 Å². The van der Waals surface area contributed by atoms with E-state index in [9.17, 15) is 15.0 Å². The van der Waals surface area contributed by atoms with Crippen LogP contribution in [0.5, 0.6) is 11.5 Å². The van der Waals surface area contributed by atoms with Crippen molar-refractivity contribution in [1.29, 1.82) is 0 Å². The zero-order valence-electron chi connectivity index (χ0n) is 9.61. The lowest BCUT2D eigenvalue weighted by molar-refractivity contribution is 0.0693. The summed E-state index contributed by atoms with van der Waals surface area (Å²) in [5.41, 5.74) is 0.0154. The molecule has 1 rings (SSSR count). The zero-order valence-corrected chi connectivity index (χ0v) is 9.61. The molecule has 0 aliphatic heterocycles. The molecule has 0 saturated heterocycles. The molecule has 88 valence electrons. The first kappa shape index (κ1) is 12.4. The van der Waals surface area contributed by atoms with E-state index < -0.39 is 11.7 Å². The van der Waals surface area contributed by atoms with Gasteiger partial charge in [-0.1, -0.05) is 20.8 Å². The molecule has 1 aromatic carbocycles. The average molecular weight is 224 g/mol. The standard InChI is InChI=1S/C12H16O4/c1-4-12(2,3)8-5-7(11(15)16)9(13)6-10(8)14/h5-6,13-14H,4H2,1-3H3,(H,15,16). The predicted molar refractivity (Wildman–Crippen MR) is 60.0 cm³/mol. The number of aromatic hydroxyl groups is 2. The van der Waals surface area contributed by atoms with Crippen molar-refractivity contribution in [2.45, 2.75) is 32.6 Å². The smallest absolute Gasteiger partial charge is 0.339 e. The third-order valence-electron chi connectivity index (χ3n) is 2.96. The van der Waals surface area contributed by atoms with Gasteiger partial charge in [0.2, 0.25) is 0 Å². The van der Waals surface area contributed by atoms with E-state index in [0.717, 1.165) is 12.5 Å². The van der Waals surface area contributed by atoms with Gasteiger partial charge in [-0.05, 0) is 17.9 Å². The molecular weight excluding hydrogens is 208 g/mol. The first-order valence-electron chi connectivity index (χ1n) is 5.09. The fourth-order valence-corrected chi connectivity index (χ4v) is 1.48. The van der Waals surface area contributed by atoms with Crippen LogP contribution in [-0.2, 0) is 5.41 Å². The van der Waals surface area contributed by atoms with Crippen LogP contribution in [-0.4, -0.2) is 21.3 Å². The number of benzene rings is 1. The lowest BCUT2D eigenvalue weighted by Gasteiger charge is -2.24. The van der Waals surface area contributed by atoms with Gasteiger partial charge in [0, 0.05) is 11.6 Å². The van der Waals surface area contributed by atoms with E-state index in [1.54, 1.807) is 0 Å². The van der Waals surface area contributed by atoms with Gasteiger partial charge in [0.05, 0.1) is 0 Å². The quantitative estimate of drug-likeness (QED) is 0.737. The molecule has 0 aromatic heterocycles. The van der Waals surface area contributed by atoms with Crippen LogP contribution in [0.2, 0.25) is 0 Å². The van der Waals surface area contributed by atoms with Gasteiger partial charge in [-0.3, -0.25) is 0 Å². The number of carboxylic acids is 1. The van der Waals surface area contributed by atoms with E-state index in [4.69, 9.17) is 5.11 Å². The van der Waals surface area contributed by atoms with Gasteiger partial charge in [0.1, 0.15) is 17.1 Å². The Hall–Kier alpha value is -1.71. The fraction of sp³-hybridized carbons (Fsp3) is 0.417. The van der Waals surface area contributed by atoms with Gasteiger partial charge in [-0.2, -0.15) is 0 Å². The number of carbonyl (C=O) groups is 1. The van der Waals surface area contributed by atoms with Crippen molar-refractivity contribution in [2.75, 3.05) is 0 Å². The Morgan fingerprint density at radius 2 is 1.81 bits per heavy atom. The number of phenols is 2. The Bertz CT molecular complexity index is 421. The largest absolute Gasteiger partial charge is 0.508 e. The molecule has 0 radical (unpaired) electrons. The summed E-state index contributed by atoms with van der Waals surface area (Å²) in [6.45, 7) is 5.77. The molecule has 4 nitrogen and oxygen atoms in total. The minimum absolute atomic E-state index is 0.0747.